The summed E-state index contributed by atoms with van der Waals surface area (Å²) in [5, 5.41) is 10.1. The Balaban J connectivity index is 1.54. The maximum atomic E-state index is 12.7. The van der Waals surface area contributed by atoms with Crippen LogP contribution in [0.5, 0.6) is 0 Å². The lowest BCUT2D eigenvalue weighted by Crippen LogP contribution is -2.68. The molecule has 5 aliphatic carbocycles. The fraction of sp³-hybridized carbons (Fsp3) is 0.933. The number of carbonyl (C=O) groups excluding carboxylic acids is 1. The average molecular weight is 457 g/mol. The summed E-state index contributed by atoms with van der Waals surface area (Å²) in [5.41, 5.74) is 0.621. The Morgan fingerprint density at radius 2 is 1.36 bits per heavy atom. The molecule has 0 bridgehead atoms. The SMILES string of the molecule is CC1C(=O)CC[C@H]2[C@]3(C)CC[C@@]4(C)[C@H]5C[C@](C)(C(=O)O)CC[C@]5(C)CC[C@]4(C)[C@H]3CC[C@]12C. The predicted octanol–water partition coefficient (Wildman–Crippen LogP) is 7.52. The maximum Gasteiger partial charge on any atom is 0.309 e. The van der Waals surface area contributed by atoms with Gasteiger partial charge in [0.2, 0.25) is 0 Å². The number of rotatable bonds is 1. The van der Waals surface area contributed by atoms with Crippen molar-refractivity contribution < 1.29 is 14.7 Å². The third-order valence-electron chi connectivity index (χ3n) is 14.0. The van der Waals surface area contributed by atoms with Crippen LogP contribution in [-0.2, 0) is 9.59 Å². The number of ketones is 1. The molecule has 5 fully saturated rings. The molecule has 1 unspecified atom stereocenters. The summed E-state index contributed by atoms with van der Waals surface area (Å²) in [4.78, 5) is 25.0. The highest BCUT2D eigenvalue weighted by Crippen LogP contribution is 2.78. The molecule has 186 valence electrons. The Morgan fingerprint density at radius 3 is 2.03 bits per heavy atom. The quantitative estimate of drug-likeness (QED) is 0.444. The molecule has 10 atom stereocenters. The summed E-state index contributed by atoms with van der Waals surface area (Å²) >= 11 is 0. The molecular formula is C30H48O3. The summed E-state index contributed by atoms with van der Waals surface area (Å²) in [6, 6.07) is 0. The maximum absolute atomic E-state index is 12.7. The van der Waals surface area contributed by atoms with Gasteiger partial charge in [0, 0.05) is 12.3 Å². The first-order chi connectivity index (χ1) is 15.2. The summed E-state index contributed by atoms with van der Waals surface area (Å²) < 4.78 is 0. The second-order valence-corrected chi connectivity index (χ2v) is 15.0. The number of carbonyl (C=O) groups is 2. The highest BCUT2D eigenvalue weighted by Gasteiger charge is 2.71. The van der Waals surface area contributed by atoms with Crippen LogP contribution in [0.4, 0.5) is 0 Å². The highest BCUT2D eigenvalue weighted by atomic mass is 16.4. The fourth-order valence-corrected chi connectivity index (χ4v) is 11.2. The van der Waals surface area contributed by atoms with Crippen LogP contribution >= 0.6 is 0 Å². The van der Waals surface area contributed by atoms with Crippen molar-refractivity contribution in [1.82, 2.24) is 0 Å². The number of hydrogen-bond donors (Lipinski definition) is 1. The van der Waals surface area contributed by atoms with Crippen LogP contribution in [0.25, 0.3) is 0 Å². The van der Waals surface area contributed by atoms with E-state index in [2.05, 4.69) is 41.5 Å². The lowest BCUT2D eigenvalue weighted by molar-refractivity contribution is -0.257. The number of fused-ring (bicyclic) bond motifs is 7. The van der Waals surface area contributed by atoms with Crippen LogP contribution < -0.4 is 0 Å². The molecule has 0 radical (unpaired) electrons. The van der Waals surface area contributed by atoms with E-state index in [-0.39, 0.29) is 27.6 Å². The normalized spacial score (nSPS) is 58.5. The first-order valence-electron chi connectivity index (χ1n) is 13.9. The van der Waals surface area contributed by atoms with Gasteiger partial charge in [-0.25, -0.2) is 0 Å². The van der Waals surface area contributed by atoms with E-state index >= 15 is 0 Å². The zero-order valence-corrected chi connectivity index (χ0v) is 22.4. The van der Waals surface area contributed by atoms with Gasteiger partial charge in [0.05, 0.1) is 5.41 Å². The van der Waals surface area contributed by atoms with Crippen molar-refractivity contribution in [3.8, 4) is 0 Å². The van der Waals surface area contributed by atoms with Gasteiger partial charge in [0.1, 0.15) is 5.78 Å². The van der Waals surface area contributed by atoms with E-state index in [1.807, 2.05) is 6.92 Å². The van der Waals surface area contributed by atoms with Gasteiger partial charge in [-0.2, -0.15) is 0 Å². The topological polar surface area (TPSA) is 54.4 Å². The molecule has 0 saturated heterocycles. The molecule has 0 amide bonds. The molecule has 0 aliphatic heterocycles. The predicted molar refractivity (Wildman–Crippen MR) is 132 cm³/mol. The summed E-state index contributed by atoms with van der Waals surface area (Å²) in [5.74, 6) is 1.91. The average Bonchev–Trinajstić information content (AvgIpc) is 2.74. The van der Waals surface area contributed by atoms with Crippen molar-refractivity contribution in [2.75, 3.05) is 0 Å². The Bertz CT molecular complexity index is 880. The Kier molecular flexibility index (Phi) is 4.97. The molecule has 33 heavy (non-hydrogen) atoms. The van der Waals surface area contributed by atoms with Crippen molar-refractivity contribution >= 4 is 11.8 Å². The van der Waals surface area contributed by atoms with E-state index in [0.717, 1.165) is 32.1 Å². The van der Waals surface area contributed by atoms with Gasteiger partial charge in [-0.1, -0.05) is 41.5 Å². The molecule has 3 nitrogen and oxygen atoms in total. The van der Waals surface area contributed by atoms with Crippen LogP contribution in [0.3, 0.4) is 0 Å². The molecule has 5 saturated carbocycles. The fourth-order valence-electron chi connectivity index (χ4n) is 11.2. The molecule has 0 aromatic carbocycles. The molecule has 5 rings (SSSR count). The number of Topliss-reactive ketones (excluding diaryl/α,β-unsaturated/α-hetero) is 1. The number of hydrogen-bond acceptors (Lipinski definition) is 2. The second-order valence-electron chi connectivity index (χ2n) is 15.0. The van der Waals surface area contributed by atoms with E-state index in [9.17, 15) is 14.7 Å². The lowest BCUT2D eigenvalue weighted by atomic mass is 9.30. The first kappa shape index (κ1) is 23.9. The monoisotopic (exact) mass is 456 g/mol. The van der Waals surface area contributed by atoms with E-state index in [1.165, 1.54) is 38.5 Å². The van der Waals surface area contributed by atoms with Gasteiger partial charge in [-0.15, -0.1) is 0 Å². The van der Waals surface area contributed by atoms with Crippen molar-refractivity contribution in [1.29, 1.82) is 0 Å². The zero-order chi connectivity index (χ0) is 24.2. The summed E-state index contributed by atoms with van der Waals surface area (Å²) in [7, 11) is 0. The molecule has 0 spiro atoms. The van der Waals surface area contributed by atoms with E-state index in [0.29, 0.717) is 29.0 Å². The number of carboxylic acid groups (broad SMARTS) is 1. The molecular weight excluding hydrogens is 408 g/mol. The molecule has 0 aromatic heterocycles. The standard InChI is InChI=1S/C30H48O3/c1-19-20(31)8-9-21-27(19,4)11-10-22-28(21,5)15-17-30(7)23-18-26(3,24(32)33)13-12-25(23,2)14-16-29(22,30)6/h19,21-23H,8-18H2,1-7H3,(H,32,33)/t19?,21-,22+,23+,25-,26-,27-,28+,29-,30+/m1/s1. The van der Waals surface area contributed by atoms with Gasteiger partial charge < -0.3 is 5.11 Å². The minimum Gasteiger partial charge on any atom is -0.481 e. The largest absolute Gasteiger partial charge is 0.481 e. The molecule has 1 N–H and O–H groups in total. The second kappa shape index (κ2) is 6.88. The van der Waals surface area contributed by atoms with Crippen molar-refractivity contribution in [3.05, 3.63) is 0 Å². The Hall–Kier alpha value is -0.860. The molecule has 0 aromatic rings. The summed E-state index contributed by atoms with van der Waals surface area (Å²) in [6.07, 6.45) is 12.0. The summed E-state index contributed by atoms with van der Waals surface area (Å²) in [6.45, 7) is 16.9. The number of aliphatic carboxylic acids is 1. The van der Waals surface area contributed by atoms with Gasteiger partial charge in [-0.05, 0) is 116 Å². The third-order valence-corrected chi connectivity index (χ3v) is 14.0. The van der Waals surface area contributed by atoms with Crippen LogP contribution in [-0.4, -0.2) is 16.9 Å². The van der Waals surface area contributed by atoms with Gasteiger partial charge in [0.15, 0.2) is 0 Å². The molecule has 5 aliphatic rings. The minimum atomic E-state index is -0.588. The zero-order valence-electron chi connectivity index (χ0n) is 22.4. The van der Waals surface area contributed by atoms with Crippen LogP contribution in [0.2, 0.25) is 0 Å². The van der Waals surface area contributed by atoms with Crippen LogP contribution in [0, 0.1) is 56.2 Å². The van der Waals surface area contributed by atoms with Crippen molar-refractivity contribution in [2.45, 2.75) is 119 Å². The van der Waals surface area contributed by atoms with Crippen LogP contribution in [0.1, 0.15) is 119 Å². The number of carboxylic acids is 1. The van der Waals surface area contributed by atoms with E-state index < -0.39 is 11.4 Å². The van der Waals surface area contributed by atoms with Gasteiger partial charge in [-0.3, -0.25) is 9.59 Å². The van der Waals surface area contributed by atoms with Crippen molar-refractivity contribution in [3.63, 3.8) is 0 Å². The molecule has 3 heteroatoms. The minimum absolute atomic E-state index is 0.153. The van der Waals surface area contributed by atoms with Crippen LogP contribution in [0.15, 0.2) is 0 Å². The lowest BCUT2D eigenvalue weighted by Gasteiger charge is -2.74. The third kappa shape index (κ3) is 2.80. The van der Waals surface area contributed by atoms with Gasteiger partial charge in [0.25, 0.3) is 0 Å². The Labute approximate surface area is 201 Å². The van der Waals surface area contributed by atoms with E-state index in [1.54, 1.807) is 0 Å². The van der Waals surface area contributed by atoms with Crippen molar-refractivity contribution in [2.24, 2.45) is 56.2 Å². The van der Waals surface area contributed by atoms with Gasteiger partial charge >= 0.3 is 5.97 Å². The van der Waals surface area contributed by atoms with E-state index in [4.69, 9.17) is 0 Å². The molecule has 0 heterocycles. The Morgan fingerprint density at radius 1 is 0.758 bits per heavy atom. The first-order valence-corrected chi connectivity index (χ1v) is 13.9. The smallest absolute Gasteiger partial charge is 0.309 e. The highest BCUT2D eigenvalue weighted by molar-refractivity contribution is 5.82.